The van der Waals surface area contributed by atoms with Gasteiger partial charge in [0.25, 0.3) is 0 Å². The molecule has 0 saturated carbocycles. The smallest absolute Gasteiger partial charge is 0.225 e. The number of aryl methyl sites for hydroxylation is 2. The van der Waals surface area contributed by atoms with Crippen molar-refractivity contribution in [3.8, 4) is 0 Å². The Morgan fingerprint density at radius 3 is 2.29 bits per heavy atom. The number of nitrogens with one attached hydrogen (secondary N) is 1. The van der Waals surface area contributed by atoms with Crippen LogP contribution in [0, 0.1) is 25.2 Å². The number of rotatable bonds is 2. The minimum Gasteiger partial charge on any atom is -0.387 e. The molecule has 1 fully saturated rings. The summed E-state index contributed by atoms with van der Waals surface area (Å²) >= 11 is 0. The largest absolute Gasteiger partial charge is 0.387 e. The summed E-state index contributed by atoms with van der Waals surface area (Å²) in [6.07, 6.45) is 1.84. The first-order chi connectivity index (χ1) is 8.06. The highest BCUT2D eigenvalue weighted by atomic mass is 15.3. The Labute approximate surface area is 102 Å². The van der Waals surface area contributed by atoms with E-state index in [-0.39, 0.29) is 5.92 Å². The SMILES string of the molecule is Cc1cc(C)nc(N2CCC(C(=N)N)CC2)n1. The fourth-order valence-corrected chi connectivity index (χ4v) is 2.24. The van der Waals surface area contributed by atoms with Crippen molar-refractivity contribution in [2.45, 2.75) is 26.7 Å². The maximum Gasteiger partial charge on any atom is 0.225 e. The molecule has 1 aliphatic heterocycles. The minimum atomic E-state index is 0.233. The van der Waals surface area contributed by atoms with Crippen molar-refractivity contribution < 1.29 is 0 Å². The van der Waals surface area contributed by atoms with Crippen LogP contribution < -0.4 is 10.6 Å². The fourth-order valence-electron chi connectivity index (χ4n) is 2.24. The second-order valence-corrected chi connectivity index (χ2v) is 4.67. The molecule has 1 aromatic rings. The average Bonchev–Trinajstić information content (AvgIpc) is 2.28. The zero-order chi connectivity index (χ0) is 12.4. The Hall–Kier alpha value is -1.65. The predicted octanol–water partition coefficient (Wildman–Crippen LogP) is 1.25. The van der Waals surface area contributed by atoms with E-state index in [1.54, 1.807) is 0 Å². The van der Waals surface area contributed by atoms with Gasteiger partial charge in [-0.05, 0) is 32.8 Å². The number of anilines is 1. The van der Waals surface area contributed by atoms with E-state index in [2.05, 4.69) is 14.9 Å². The van der Waals surface area contributed by atoms with Gasteiger partial charge in [0.15, 0.2) is 0 Å². The van der Waals surface area contributed by atoms with Gasteiger partial charge in [0.05, 0.1) is 5.84 Å². The van der Waals surface area contributed by atoms with Crippen LogP contribution in [0.5, 0.6) is 0 Å². The number of hydrogen-bond acceptors (Lipinski definition) is 4. The van der Waals surface area contributed by atoms with Gasteiger partial charge < -0.3 is 10.6 Å². The average molecular weight is 233 g/mol. The molecule has 5 nitrogen and oxygen atoms in total. The van der Waals surface area contributed by atoms with E-state index < -0.39 is 0 Å². The van der Waals surface area contributed by atoms with E-state index in [4.69, 9.17) is 11.1 Å². The van der Waals surface area contributed by atoms with Crippen LogP contribution in [0.2, 0.25) is 0 Å². The quantitative estimate of drug-likeness (QED) is 0.595. The highest BCUT2D eigenvalue weighted by molar-refractivity contribution is 5.79. The van der Waals surface area contributed by atoms with Gasteiger partial charge in [-0.2, -0.15) is 0 Å². The molecule has 17 heavy (non-hydrogen) atoms. The van der Waals surface area contributed by atoms with Crippen molar-refractivity contribution in [1.29, 1.82) is 5.41 Å². The van der Waals surface area contributed by atoms with Crippen molar-refractivity contribution >= 4 is 11.8 Å². The number of piperidine rings is 1. The van der Waals surface area contributed by atoms with Gasteiger partial charge in [-0.1, -0.05) is 0 Å². The molecule has 0 aliphatic carbocycles. The number of nitrogens with zero attached hydrogens (tertiary/aromatic N) is 3. The molecule has 2 rings (SSSR count). The summed E-state index contributed by atoms with van der Waals surface area (Å²) < 4.78 is 0. The van der Waals surface area contributed by atoms with Crippen molar-refractivity contribution in [3.63, 3.8) is 0 Å². The predicted molar refractivity (Wildman–Crippen MR) is 68.4 cm³/mol. The Bertz CT molecular complexity index is 401. The van der Waals surface area contributed by atoms with Crippen LogP contribution in [-0.4, -0.2) is 28.9 Å². The molecule has 3 N–H and O–H groups in total. The van der Waals surface area contributed by atoms with Crippen LogP contribution in [0.25, 0.3) is 0 Å². The zero-order valence-corrected chi connectivity index (χ0v) is 10.4. The Balaban J connectivity index is 2.07. The highest BCUT2D eigenvalue weighted by Gasteiger charge is 2.22. The lowest BCUT2D eigenvalue weighted by Crippen LogP contribution is -2.39. The molecule has 0 radical (unpaired) electrons. The molecular formula is C12H19N5. The lowest BCUT2D eigenvalue weighted by atomic mass is 9.96. The maximum absolute atomic E-state index is 7.46. The zero-order valence-electron chi connectivity index (χ0n) is 10.4. The van der Waals surface area contributed by atoms with Crippen LogP contribution >= 0.6 is 0 Å². The summed E-state index contributed by atoms with van der Waals surface area (Å²) in [4.78, 5) is 11.1. The lowest BCUT2D eigenvalue weighted by molar-refractivity contribution is 0.491. The van der Waals surface area contributed by atoms with Gasteiger partial charge >= 0.3 is 0 Å². The fraction of sp³-hybridized carbons (Fsp3) is 0.583. The molecule has 1 aromatic heterocycles. The molecule has 1 saturated heterocycles. The number of aromatic nitrogens is 2. The molecule has 5 heteroatoms. The minimum absolute atomic E-state index is 0.233. The van der Waals surface area contributed by atoms with Crippen molar-refractivity contribution in [1.82, 2.24) is 9.97 Å². The van der Waals surface area contributed by atoms with Crippen molar-refractivity contribution in [3.05, 3.63) is 17.5 Å². The van der Waals surface area contributed by atoms with Crippen LogP contribution in [-0.2, 0) is 0 Å². The third-order valence-corrected chi connectivity index (χ3v) is 3.19. The van der Waals surface area contributed by atoms with Crippen LogP contribution in [0.4, 0.5) is 5.95 Å². The summed E-state index contributed by atoms with van der Waals surface area (Å²) in [5, 5.41) is 7.46. The first-order valence-corrected chi connectivity index (χ1v) is 5.97. The molecule has 0 unspecified atom stereocenters. The summed E-state index contributed by atoms with van der Waals surface area (Å²) in [7, 11) is 0. The van der Waals surface area contributed by atoms with Crippen LogP contribution in [0.15, 0.2) is 6.07 Å². The Morgan fingerprint density at radius 2 is 1.82 bits per heavy atom. The molecule has 0 atom stereocenters. The van der Waals surface area contributed by atoms with E-state index in [0.29, 0.717) is 5.84 Å². The van der Waals surface area contributed by atoms with Gasteiger partial charge in [-0.15, -0.1) is 0 Å². The van der Waals surface area contributed by atoms with Gasteiger partial charge in [0, 0.05) is 30.4 Å². The Kier molecular flexibility index (Phi) is 3.26. The number of hydrogen-bond donors (Lipinski definition) is 2. The summed E-state index contributed by atoms with van der Waals surface area (Å²) in [5.41, 5.74) is 7.54. The molecule has 92 valence electrons. The Morgan fingerprint density at radius 1 is 1.29 bits per heavy atom. The van der Waals surface area contributed by atoms with Crippen LogP contribution in [0.3, 0.4) is 0 Å². The second-order valence-electron chi connectivity index (χ2n) is 4.67. The maximum atomic E-state index is 7.46. The summed E-state index contributed by atoms with van der Waals surface area (Å²) in [5.74, 6) is 1.35. The topological polar surface area (TPSA) is 78.9 Å². The van der Waals surface area contributed by atoms with E-state index in [1.807, 2.05) is 19.9 Å². The molecule has 0 bridgehead atoms. The second kappa shape index (κ2) is 4.69. The third-order valence-electron chi connectivity index (χ3n) is 3.19. The summed E-state index contributed by atoms with van der Waals surface area (Å²) in [6, 6.07) is 1.98. The van der Waals surface area contributed by atoms with E-state index >= 15 is 0 Å². The van der Waals surface area contributed by atoms with Gasteiger partial charge in [0.1, 0.15) is 0 Å². The van der Waals surface area contributed by atoms with E-state index in [0.717, 1.165) is 43.3 Å². The third kappa shape index (κ3) is 2.72. The van der Waals surface area contributed by atoms with Gasteiger partial charge in [-0.25, -0.2) is 9.97 Å². The summed E-state index contributed by atoms with van der Waals surface area (Å²) in [6.45, 7) is 5.74. The molecule has 1 aliphatic rings. The first-order valence-electron chi connectivity index (χ1n) is 5.97. The van der Waals surface area contributed by atoms with Gasteiger partial charge in [0.2, 0.25) is 5.95 Å². The highest BCUT2D eigenvalue weighted by Crippen LogP contribution is 2.20. The molecule has 0 aromatic carbocycles. The van der Waals surface area contributed by atoms with Gasteiger partial charge in [-0.3, -0.25) is 5.41 Å². The van der Waals surface area contributed by atoms with Crippen molar-refractivity contribution in [2.75, 3.05) is 18.0 Å². The number of amidine groups is 1. The normalized spacial score (nSPS) is 17.2. The first kappa shape index (κ1) is 11.8. The number of nitrogens with two attached hydrogens (primary N) is 1. The monoisotopic (exact) mass is 233 g/mol. The molecule has 0 amide bonds. The van der Waals surface area contributed by atoms with Crippen LogP contribution in [0.1, 0.15) is 24.2 Å². The molecule has 2 heterocycles. The van der Waals surface area contributed by atoms with Crippen molar-refractivity contribution in [2.24, 2.45) is 11.7 Å². The molecule has 0 spiro atoms. The van der Waals surface area contributed by atoms with E-state index in [9.17, 15) is 0 Å². The standard InChI is InChI=1S/C12H19N5/c1-8-7-9(2)16-12(15-8)17-5-3-10(4-6-17)11(13)14/h7,10H,3-6H2,1-2H3,(H3,13,14). The molecular weight excluding hydrogens is 214 g/mol. The lowest BCUT2D eigenvalue weighted by Gasteiger charge is -2.31. The van der Waals surface area contributed by atoms with E-state index in [1.165, 1.54) is 0 Å².